The predicted molar refractivity (Wildman–Crippen MR) is 137 cm³/mol. The minimum Gasteiger partial charge on any atom is -0.326 e. The zero-order valence-corrected chi connectivity index (χ0v) is 21.2. The van der Waals surface area contributed by atoms with Gasteiger partial charge in [0.1, 0.15) is 16.0 Å². The van der Waals surface area contributed by atoms with Crippen LogP contribution in [0.2, 0.25) is 5.02 Å². The van der Waals surface area contributed by atoms with E-state index in [-0.39, 0.29) is 27.5 Å². The van der Waals surface area contributed by atoms with Crippen molar-refractivity contribution in [3.05, 3.63) is 100 Å². The van der Waals surface area contributed by atoms with Crippen LogP contribution in [0.1, 0.15) is 33.0 Å². The third-order valence-electron chi connectivity index (χ3n) is 5.95. The molecule has 12 heteroatoms. The summed E-state index contributed by atoms with van der Waals surface area (Å²) in [4.78, 5) is 25.6. The van der Waals surface area contributed by atoms with E-state index in [1.54, 1.807) is 0 Å². The van der Waals surface area contributed by atoms with Crippen molar-refractivity contribution >= 4 is 64.1 Å². The van der Waals surface area contributed by atoms with E-state index >= 15 is 0 Å². The summed E-state index contributed by atoms with van der Waals surface area (Å²) in [7, 11) is 0. The van der Waals surface area contributed by atoms with Gasteiger partial charge in [0.2, 0.25) is 5.91 Å². The second-order valence-electron chi connectivity index (χ2n) is 8.44. The van der Waals surface area contributed by atoms with Gasteiger partial charge >= 0.3 is 6.18 Å². The van der Waals surface area contributed by atoms with Gasteiger partial charge in [0.05, 0.1) is 27.8 Å². The zero-order chi connectivity index (χ0) is 28.0. The summed E-state index contributed by atoms with van der Waals surface area (Å²) in [5.41, 5.74) is -1.04. The van der Waals surface area contributed by atoms with Crippen LogP contribution in [0.25, 0.3) is 6.08 Å². The number of benzene rings is 3. The highest BCUT2D eigenvalue weighted by molar-refractivity contribution is 6.53. The number of carbonyl (C=O) groups excluding carboxylic acids is 2. The van der Waals surface area contributed by atoms with Gasteiger partial charge in [-0.1, -0.05) is 36.4 Å². The lowest BCUT2D eigenvalue weighted by Crippen LogP contribution is -2.18. The van der Waals surface area contributed by atoms with Crippen molar-refractivity contribution in [1.29, 1.82) is 0 Å². The van der Waals surface area contributed by atoms with Gasteiger partial charge in [0.25, 0.3) is 5.91 Å². The maximum Gasteiger partial charge on any atom is 0.416 e. The molecule has 0 unspecified atom stereocenters. The van der Waals surface area contributed by atoms with E-state index in [0.717, 1.165) is 24.3 Å². The standard InChI is InChI=1S/C26H16Cl3F5N2O2/c1-2-12-9-13(3-6-17(12)26(32,33)34)21-22(25(21,28)29)24(38)35-15-5-7-18(27)16(11-15)23(37)36-20-8-4-14(30)10-19(20)31/h2-11,21-22H,1H2,(H,35,38)(H,36,37)/t21-,22+/m1/s1. The van der Waals surface area contributed by atoms with Crippen molar-refractivity contribution < 1.29 is 31.5 Å². The first kappa shape index (κ1) is 27.9. The summed E-state index contributed by atoms with van der Waals surface area (Å²) in [6, 6.07) is 9.84. The Labute approximate surface area is 228 Å². The van der Waals surface area contributed by atoms with E-state index in [0.29, 0.717) is 11.6 Å². The largest absolute Gasteiger partial charge is 0.416 e. The van der Waals surface area contributed by atoms with Gasteiger partial charge in [-0.25, -0.2) is 8.78 Å². The van der Waals surface area contributed by atoms with Crippen LogP contribution in [-0.2, 0) is 11.0 Å². The van der Waals surface area contributed by atoms with E-state index in [1.165, 1.54) is 30.3 Å². The van der Waals surface area contributed by atoms with E-state index in [1.807, 2.05) is 0 Å². The van der Waals surface area contributed by atoms with Gasteiger partial charge in [-0.15, -0.1) is 23.2 Å². The molecule has 1 fully saturated rings. The summed E-state index contributed by atoms with van der Waals surface area (Å²) in [5, 5.41) is 4.81. The molecule has 0 spiro atoms. The molecule has 1 aliphatic rings. The molecule has 2 atom stereocenters. The maximum absolute atomic E-state index is 13.9. The topological polar surface area (TPSA) is 58.2 Å². The molecule has 3 aromatic carbocycles. The van der Waals surface area contributed by atoms with Gasteiger partial charge in [-0.3, -0.25) is 9.59 Å². The number of halogens is 8. The van der Waals surface area contributed by atoms with Crippen LogP contribution in [0.4, 0.5) is 33.3 Å². The Morgan fingerprint density at radius 3 is 2.32 bits per heavy atom. The van der Waals surface area contributed by atoms with Gasteiger partial charge < -0.3 is 10.6 Å². The molecule has 198 valence electrons. The summed E-state index contributed by atoms with van der Waals surface area (Å²) in [6.45, 7) is 3.41. The molecule has 0 heterocycles. The van der Waals surface area contributed by atoms with Crippen molar-refractivity contribution in [2.24, 2.45) is 5.92 Å². The van der Waals surface area contributed by atoms with Crippen LogP contribution < -0.4 is 10.6 Å². The minimum atomic E-state index is -4.59. The molecule has 0 aromatic heterocycles. The number of carbonyl (C=O) groups is 2. The van der Waals surface area contributed by atoms with Crippen LogP contribution in [0.5, 0.6) is 0 Å². The molecule has 2 amide bonds. The number of alkyl halides is 5. The van der Waals surface area contributed by atoms with Crippen molar-refractivity contribution in [3.8, 4) is 0 Å². The normalized spacial score (nSPS) is 18.0. The Balaban J connectivity index is 1.53. The molecular formula is C26H16Cl3F5N2O2. The van der Waals surface area contributed by atoms with Gasteiger partial charge in [0, 0.05) is 17.7 Å². The van der Waals surface area contributed by atoms with E-state index in [4.69, 9.17) is 34.8 Å². The number of hydrogen-bond donors (Lipinski definition) is 2. The Bertz CT molecular complexity index is 1460. The first-order chi connectivity index (χ1) is 17.7. The van der Waals surface area contributed by atoms with Crippen molar-refractivity contribution in [1.82, 2.24) is 0 Å². The van der Waals surface area contributed by atoms with Gasteiger partial charge in [-0.05, 0) is 47.5 Å². The molecular weight excluding hydrogens is 574 g/mol. The molecule has 0 radical (unpaired) electrons. The number of anilines is 2. The molecule has 0 aliphatic heterocycles. The van der Waals surface area contributed by atoms with E-state index < -0.39 is 51.4 Å². The highest BCUT2D eigenvalue weighted by Crippen LogP contribution is 2.65. The van der Waals surface area contributed by atoms with Crippen LogP contribution >= 0.6 is 34.8 Å². The summed E-state index contributed by atoms with van der Waals surface area (Å²) in [5.74, 6) is -5.15. The summed E-state index contributed by atoms with van der Waals surface area (Å²) in [6.07, 6.45) is -3.55. The smallest absolute Gasteiger partial charge is 0.326 e. The lowest BCUT2D eigenvalue weighted by Gasteiger charge is -2.12. The lowest BCUT2D eigenvalue weighted by molar-refractivity contribution is -0.137. The number of rotatable bonds is 6. The summed E-state index contributed by atoms with van der Waals surface area (Å²) >= 11 is 18.8. The molecule has 0 saturated heterocycles. The Kier molecular flexibility index (Phi) is 7.49. The fourth-order valence-electron chi connectivity index (χ4n) is 4.05. The highest BCUT2D eigenvalue weighted by atomic mass is 35.5. The zero-order valence-electron chi connectivity index (χ0n) is 19.0. The van der Waals surface area contributed by atoms with Crippen LogP contribution in [0, 0.1) is 17.6 Å². The third-order valence-corrected chi connectivity index (χ3v) is 7.22. The Morgan fingerprint density at radius 1 is 0.974 bits per heavy atom. The SMILES string of the molecule is C=Cc1cc([C@@H]2[C@@H](C(=O)Nc3ccc(Cl)c(C(=O)Nc4ccc(F)cc4F)c3)C2(Cl)Cl)ccc1C(F)(F)F. The quantitative estimate of drug-likeness (QED) is 0.226. The minimum absolute atomic E-state index is 0.0157. The van der Waals surface area contributed by atoms with E-state index in [2.05, 4.69) is 17.2 Å². The number of hydrogen-bond acceptors (Lipinski definition) is 2. The van der Waals surface area contributed by atoms with Crippen LogP contribution in [0.3, 0.4) is 0 Å². The van der Waals surface area contributed by atoms with Gasteiger partial charge in [-0.2, -0.15) is 13.2 Å². The first-order valence-electron chi connectivity index (χ1n) is 10.8. The average Bonchev–Trinajstić information content (AvgIpc) is 3.42. The molecule has 1 aliphatic carbocycles. The average molecular weight is 590 g/mol. The van der Waals surface area contributed by atoms with Gasteiger partial charge in [0.15, 0.2) is 0 Å². The first-order valence-corrected chi connectivity index (χ1v) is 12.0. The van der Waals surface area contributed by atoms with Crippen molar-refractivity contribution in [3.63, 3.8) is 0 Å². The van der Waals surface area contributed by atoms with Crippen LogP contribution in [0.15, 0.2) is 61.2 Å². The number of amides is 2. The summed E-state index contributed by atoms with van der Waals surface area (Å²) < 4.78 is 65.1. The molecule has 38 heavy (non-hydrogen) atoms. The second-order valence-corrected chi connectivity index (χ2v) is 10.3. The highest BCUT2D eigenvalue weighted by Gasteiger charge is 2.67. The molecule has 2 N–H and O–H groups in total. The van der Waals surface area contributed by atoms with Crippen molar-refractivity contribution in [2.75, 3.05) is 10.6 Å². The molecule has 3 aromatic rings. The third kappa shape index (κ3) is 5.50. The molecule has 4 rings (SSSR count). The second kappa shape index (κ2) is 10.2. The number of nitrogens with one attached hydrogen (secondary N) is 2. The predicted octanol–water partition coefficient (Wildman–Crippen LogP) is 8.06. The lowest BCUT2D eigenvalue weighted by atomic mass is 10.00. The molecule has 4 nitrogen and oxygen atoms in total. The monoisotopic (exact) mass is 588 g/mol. The van der Waals surface area contributed by atoms with Crippen LogP contribution in [-0.4, -0.2) is 16.1 Å². The van der Waals surface area contributed by atoms with Crippen molar-refractivity contribution in [2.45, 2.75) is 16.4 Å². The molecule has 0 bridgehead atoms. The Hall–Kier alpha value is -3.14. The fraction of sp³-hybridized carbons (Fsp3) is 0.154. The van der Waals surface area contributed by atoms with E-state index in [9.17, 15) is 31.5 Å². The fourth-order valence-corrected chi connectivity index (χ4v) is 5.08. The molecule has 1 saturated carbocycles. The Morgan fingerprint density at radius 2 is 1.68 bits per heavy atom. The maximum atomic E-state index is 13.9.